The van der Waals surface area contributed by atoms with E-state index in [4.69, 9.17) is 4.74 Å². The van der Waals surface area contributed by atoms with Crippen molar-refractivity contribution >= 4 is 21.8 Å². The lowest BCUT2D eigenvalue weighted by atomic mass is 10.1. The third-order valence-corrected chi connectivity index (χ3v) is 5.96. The van der Waals surface area contributed by atoms with Gasteiger partial charge in [-0.05, 0) is 11.1 Å². The predicted molar refractivity (Wildman–Crippen MR) is 111 cm³/mol. The second kappa shape index (κ2) is 11.2. The van der Waals surface area contributed by atoms with Crippen LogP contribution in [0.3, 0.4) is 0 Å². The van der Waals surface area contributed by atoms with Gasteiger partial charge in [0.25, 0.3) is 0 Å². The molecule has 2 N–H and O–H groups in total. The van der Waals surface area contributed by atoms with Gasteiger partial charge in [0.05, 0.1) is 5.75 Å². The molecule has 7 nitrogen and oxygen atoms in total. The molecule has 2 aromatic carbocycles. The average Bonchev–Trinajstić information content (AvgIpc) is 2.73. The van der Waals surface area contributed by atoms with Crippen molar-refractivity contribution in [3.05, 3.63) is 71.8 Å². The summed E-state index contributed by atoms with van der Waals surface area (Å²) in [6.45, 7) is 1.63. The first kappa shape index (κ1) is 22.4. The van der Waals surface area contributed by atoms with E-state index in [2.05, 4.69) is 10.6 Å². The molecule has 0 aromatic heterocycles. The Morgan fingerprint density at radius 3 is 2.14 bits per heavy atom. The van der Waals surface area contributed by atoms with E-state index in [-0.39, 0.29) is 31.1 Å². The number of ether oxygens (including phenoxy) is 1. The summed E-state index contributed by atoms with van der Waals surface area (Å²) in [5.41, 5.74) is 1.69. The Morgan fingerprint density at radius 1 is 0.966 bits per heavy atom. The first-order chi connectivity index (χ1) is 13.9. The number of alkyl carbamates (subject to hydrolysis) is 1. The van der Waals surface area contributed by atoms with E-state index in [9.17, 15) is 18.0 Å². The SMILES string of the molecule is CCS(=O)(=O)CCNC(=O)C(Cc1ccccc1)NC(=O)OCc1ccccc1. The van der Waals surface area contributed by atoms with Crippen LogP contribution in [0.25, 0.3) is 0 Å². The van der Waals surface area contributed by atoms with Crippen molar-refractivity contribution in [3.8, 4) is 0 Å². The number of amides is 2. The molecule has 0 spiro atoms. The van der Waals surface area contributed by atoms with Crippen LogP contribution in [0.2, 0.25) is 0 Å². The van der Waals surface area contributed by atoms with Crippen molar-refractivity contribution in [2.75, 3.05) is 18.1 Å². The molecule has 2 rings (SSSR count). The fourth-order valence-electron chi connectivity index (χ4n) is 2.56. The van der Waals surface area contributed by atoms with Gasteiger partial charge in [0.1, 0.15) is 12.6 Å². The fraction of sp³-hybridized carbons (Fsp3) is 0.333. The molecule has 8 heteroatoms. The smallest absolute Gasteiger partial charge is 0.408 e. The van der Waals surface area contributed by atoms with E-state index in [1.165, 1.54) is 0 Å². The molecular formula is C21H26N2O5S. The third kappa shape index (κ3) is 8.35. The summed E-state index contributed by atoms with van der Waals surface area (Å²) in [4.78, 5) is 24.7. The van der Waals surface area contributed by atoms with Gasteiger partial charge in [-0.1, -0.05) is 67.6 Å². The minimum atomic E-state index is -3.19. The monoisotopic (exact) mass is 418 g/mol. The van der Waals surface area contributed by atoms with Crippen molar-refractivity contribution in [3.63, 3.8) is 0 Å². The zero-order valence-corrected chi connectivity index (χ0v) is 17.2. The lowest BCUT2D eigenvalue weighted by Gasteiger charge is -2.18. The highest BCUT2D eigenvalue weighted by molar-refractivity contribution is 7.91. The molecule has 0 fully saturated rings. The Bertz CT molecular complexity index is 886. The van der Waals surface area contributed by atoms with Gasteiger partial charge in [0.15, 0.2) is 9.84 Å². The minimum Gasteiger partial charge on any atom is -0.445 e. The van der Waals surface area contributed by atoms with Crippen LogP contribution in [-0.2, 0) is 32.4 Å². The van der Waals surface area contributed by atoms with Crippen molar-refractivity contribution < 1.29 is 22.7 Å². The number of rotatable bonds is 10. The minimum absolute atomic E-state index is 0.0129. The first-order valence-corrected chi connectivity index (χ1v) is 11.2. The molecule has 0 bridgehead atoms. The third-order valence-electron chi connectivity index (χ3n) is 4.26. The summed E-state index contributed by atoms with van der Waals surface area (Å²) in [5.74, 6) is -0.594. The normalized spacial score (nSPS) is 12.0. The van der Waals surface area contributed by atoms with Gasteiger partial charge in [0, 0.05) is 18.7 Å². The van der Waals surface area contributed by atoms with Crippen molar-refractivity contribution in [1.82, 2.24) is 10.6 Å². The van der Waals surface area contributed by atoms with Crippen molar-refractivity contribution in [1.29, 1.82) is 0 Å². The topological polar surface area (TPSA) is 102 Å². The lowest BCUT2D eigenvalue weighted by Crippen LogP contribution is -2.49. The zero-order valence-electron chi connectivity index (χ0n) is 16.3. The molecule has 0 aliphatic carbocycles. The van der Waals surface area contributed by atoms with Gasteiger partial charge < -0.3 is 15.4 Å². The Labute approximate surface area is 171 Å². The summed E-state index contributed by atoms with van der Waals surface area (Å²) in [7, 11) is -3.19. The standard InChI is InChI=1S/C21H26N2O5S/c1-2-29(26,27)14-13-22-20(24)19(15-17-9-5-3-6-10-17)23-21(25)28-16-18-11-7-4-8-12-18/h3-12,19H,2,13-16H2,1H3,(H,22,24)(H,23,25). The maximum absolute atomic E-state index is 12.6. The number of carbonyl (C=O) groups excluding carboxylic acids is 2. The number of carbonyl (C=O) groups is 2. The molecule has 156 valence electrons. The highest BCUT2D eigenvalue weighted by Crippen LogP contribution is 2.05. The van der Waals surface area contributed by atoms with Gasteiger partial charge in [-0.15, -0.1) is 0 Å². The summed E-state index contributed by atoms with van der Waals surface area (Å²) in [6, 6.07) is 17.5. The second-order valence-corrected chi connectivity index (χ2v) is 8.95. The van der Waals surface area contributed by atoms with E-state index < -0.39 is 27.9 Å². The zero-order chi connectivity index (χ0) is 21.1. The molecule has 0 heterocycles. The molecule has 0 radical (unpaired) electrons. The van der Waals surface area contributed by atoms with Crippen LogP contribution in [-0.4, -0.2) is 44.5 Å². The van der Waals surface area contributed by atoms with E-state index in [0.29, 0.717) is 0 Å². The number of sulfone groups is 1. The predicted octanol–water partition coefficient (Wildman–Crippen LogP) is 2.08. The molecule has 0 saturated carbocycles. The largest absolute Gasteiger partial charge is 0.445 e. The van der Waals surface area contributed by atoms with Crippen LogP contribution in [0.15, 0.2) is 60.7 Å². The lowest BCUT2D eigenvalue weighted by molar-refractivity contribution is -0.122. The van der Waals surface area contributed by atoms with Crippen LogP contribution in [0.1, 0.15) is 18.1 Å². The van der Waals surface area contributed by atoms with Crippen molar-refractivity contribution in [2.24, 2.45) is 0 Å². The highest BCUT2D eigenvalue weighted by Gasteiger charge is 2.22. The molecule has 29 heavy (non-hydrogen) atoms. The van der Waals surface area contributed by atoms with Gasteiger partial charge in [0.2, 0.25) is 5.91 Å². The molecule has 1 unspecified atom stereocenters. The molecule has 2 aromatic rings. The number of nitrogens with one attached hydrogen (secondary N) is 2. The maximum Gasteiger partial charge on any atom is 0.408 e. The maximum atomic E-state index is 12.6. The quantitative estimate of drug-likeness (QED) is 0.615. The molecular weight excluding hydrogens is 392 g/mol. The van der Waals surface area contributed by atoms with E-state index in [1.807, 2.05) is 60.7 Å². The van der Waals surface area contributed by atoms with E-state index in [0.717, 1.165) is 11.1 Å². The fourth-order valence-corrected chi connectivity index (χ4v) is 3.27. The highest BCUT2D eigenvalue weighted by atomic mass is 32.2. The van der Waals surface area contributed by atoms with Gasteiger partial charge in [-0.2, -0.15) is 0 Å². The van der Waals surface area contributed by atoms with Crippen LogP contribution >= 0.6 is 0 Å². The molecule has 0 aliphatic rings. The van der Waals surface area contributed by atoms with Crippen LogP contribution in [0, 0.1) is 0 Å². The summed E-state index contributed by atoms with van der Waals surface area (Å²) in [5, 5.41) is 5.16. The van der Waals surface area contributed by atoms with Crippen LogP contribution in [0.5, 0.6) is 0 Å². The Morgan fingerprint density at radius 2 is 1.55 bits per heavy atom. The van der Waals surface area contributed by atoms with Crippen LogP contribution in [0.4, 0.5) is 4.79 Å². The summed E-state index contributed by atoms with van der Waals surface area (Å²) in [6.07, 6.45) is -0.459. The Balaban J connectivity index is 1.96. The Kier molecular flexibility index (Phi) is 8.67. The van der Waals surface area contributed by atoms with Gasteiger partial charge in [-0.25, -0.2) is 13.2 Å². The summed E-state index contributed by atoms with van der Waals surface area (Å²) < 4.78 is 28.4. The van der Waals surface area contributed by atoms with Gasteiger partial charge in [-0.3, -0.25) is 4.79 Å². The number of hydrogen-bond acceptors (Lipinski definition) is 5. The second-order valence-electron chi connectivity index (χ2n) is 6.48. The molecule has 2 amide bonds. The average molecular weight is 419 g/mol. The van der Waals surface area contributed by atoms with Crippen LogP contribution < -0.4 is 10.6 Å². The Hall–Kier alpha value is -2.87. The molecule has 0 aliphatic heterocycles. The van der Waals surface area contributed by atoms with E-state index >= 15 is 0 Å². The van der Waals surface area contributed by atoms with E-state index in [1.54, 1.807) is 6.92 Å². The van der Waals surface area contributed by atoms with Crippen molar-refractivity contribution in [2.45, 2.75) is 26.0 Å². The molecule has 1 atom stereocenters. The number of hydrogen-bond donors (Lipinski definition) is 2. The van der Waals surface area contributed by atoms with Gasteiger partial charge >= 0.3 is 6.09 Å². The summed E-state index contributed by atoms with van der Waals surface area (Å²) >= 11 is 0. The first-order valence-electron chi connectivity index (χ1n) is 9.39. The number of benzene rings is 2. The molecule has 0 saturated heterocycles.